The SMILES string of the molecule is C[C@@H]1CCC[C@H](C)C1N(C)CC(=O)NCc1ccccn1. The van der Waals surface area contributed by atoms with Crippen molar-refractivity contribution in [3.8, 4) is 0 Å². The number of likely N-dealkylation sites (N-methyl/N-ethyl adjacent to an activating group) is 1. The van der Waals surface area contributed by atoms with Gasteiger partial charge in [-0.05, 0) is 43.9 Å². The summed E-state index contributed by atoms with van der Waals surface area (Å²) in [6.07, 6.45) is 5.61. The van der Waals surface area contributed by atoms with E-state index in [9.17, 15) is 4.79 Å². The number of nitrogens with zero attached hydrogens (tertiary/aromatic N) is 2. The number of hydrogen-bond donors (Lipinski definition) is 1. The molecule has 0 radical (unpaired) electrons. The molecule has 1 heterocycles. The highest BCUT2D eigenvalue weighted by atomic mass is 16.2. The van der Waals surface area contributed by atoms with Gasteiger partial charge in [0, 0.05) is 12.2 Å². The van der Waals surface area contributed by atoms with E-state index in [2.05, 4.69) is 36.1 Å². The number of carbonyl (C=O) groups is 1. The minimum atomic E-state index is 0.0770. The molecule has 1 unspecified atom stereocenters. The smallest absolute Gasteiger partial charge is 0.234 e. The Hall–Kier alpha value is -1.42. The van der Waals surface area contributed by atoms with E-state index in [1.54, 1.807) is 6.20 Å². The van der Waals surface area contributed by atoms with Crippen molar-refractivity contribution >= 4 is 5.91 Å². The molecule has 4 nitrogen and oxygen atoms in total. The van der Waals surface area contributed by atoms with E-state index < -0.39 is 0 Å². The van der Waals surface area contributed by atoms with Crippen molar-refractivity contribution in [2.45, 2.75) is 45.7 Å². The molecule has 3 atom stereocenters. The van der Waals surface area contributed by atoms with Crippen molar-refractivity contribution in [1.29, 1.82) is 0 Å². The number of carbonyl (C=O) groups excluding carboxylic acids is 1. The fraction of sp³-hybridized carbons (Fsp3) is 0.647. The number of hydrogen-bond acceptors (Lipinski definition) is 3. The van der Waals surface area contributed by atoms with Crippen molar-refractivity contribution in [2.24, 2.45) is 11.8 Å². The molecule has 0 saturated heterocycles. The average molecular weight is 289 g/mol. The van der Waals surface area contributed by atoms with Crippen LogP contribution in [0.25, 0.3) is 0 Å². The Labute approximate surface area is 127 Å². The van der Waals surface area contributed by atoms with E-state index in [0.29, 0.717) is 31.0 Å². The maximum absolute atomic E-state index is 12.1. The van der Waals surface area contributed by atoms with Crippen molar-refractivity contribution < 1.29 is 4.79 Å². The fourth-order valence-corrected chi connectivity index (χ4v) is 3.61. The zero-order valence-electron chi connectivity index (χ0n) is 13.4. The van der Waals surface area contributed by atoms with Crippen LogP contribution in [0.1, 0.15) is 38.8 Å². The first-order valence-electron chi connectivity index (χ1n) is 7.94. The van der Waals surface area contributed by atoms with Crippen LogP contribution >= 0.6 is 0 Å². The largest absolute Gasteiger partial charge is 0.349 e. The Balaban J connectivity index is 1.81. The van der Waals surface area contributed by atoms with Gasteiger partial charge in [-0.25, -0.2) is 0 Å². The Morgan fingerprint density at radius 2 is 2.05 bits per heavy atom. The van der Waals surface area contributed by atoms with E-state index in [4.69, 9.17) is 0 Å². The molecule has 1 aromatic heterocycles. The standard InChI is InChI=1S/C17H27N3O/c1-13-7-6-8-14(2)17(13)20(3)12-16(21)19-11-15-9-4-5-10-18-15/h4-5,9-10,13-14,17H,6-8,11-12H2,1-3H3,(H,19,21)/t13-,14+,17?. The van der Waals surface area contributed by atoms with Crippen LogP contribution in [0.3, 0.4) is 0 Å². The van der Waals surface area contributed by atoms with Crippen LogP contribution in [0.4, 0.5) is 0 Å². The lowest BCUT2D eigenvalue weighted by molar-refractivity contribution is -0.123. The summed E-state index contributed by atoms with van der Waals surface area (Å²) in [5.74, 6) is 1.41. The lowest BCUT2D eigenvalue weighted by Crippen LogP contribution is -2.47. The molecule has 21 heavy (non-hydrogen) atoms. The monoisotopic (exact) mass is 289 g/mol. The summed E-state index contributed by atoms with van der Waals surface area (Å²) in [6.45, 7) is 5.58. The number of rotatable bonds is 5. The van der Waals surface area contributed by atoms with E-state index >= 15 is 0 Å². The quantitative estimate of drug-likeness (QED) is 0.905. The van der Waals surface area contributed by atoms with Gasteiger partial charge >= 0.3 is 0 Å². The summed E-state index contributed by atoms with van der Waals surface area (Å²) in [6, 6.07) is 6.26. The number of nitrogens with one attached hydrogen (secondary N) is 1. The lowest BCUT2D eigenvalue weighted by Gasteiger charge is -2.40. The van der Waals surface area contributed by atoms with Gasteiger partial charge in [0.05, 0.1) is 18.8 Å². The molecule has 1 N–H and O–H groups in total. The first-order chi connectivity index (χ1) is 10.1. The third-order valence-corrected chi connectivity index (χ3v) is 4.58. The first kappa shape index (κ1) is 16.0. The Kier molecular flexibility index (Phi) is 5.74. The maximum Gasteiger partial charge on any atom is 0.234 e. The molecule has 1 fully saturated rings. The predicted molar refractivity (Wildman–Crippen MR) is 84.7 cm³/mol. The Bertz CT molecular complexity index is 439. The second-order valence-corrected chi connectivity index (χ2v) is 6.39. The summed E-state index contributed by atoms with van der Waals surface area (Å²) in [4.78, 5) is 18.5. The maximum atomic E-state index is 12.1. The van der Waals surface area contributed by atoms with E-state index in [1.165, 1.54) is 19.3 Å². The summed E-state index contributed by atoms with van der Waals surface area (Å²) in [5.41, 5.74) is 0.896. The third kappa shape index (κ3) is 4.53. The van der Waals surface area contributed by atoms with Crippen LogP contribution in [0.5, 0.6) is 0 Å². The topological polar surface area (TPSA) is 45.2 Å². The van der Waals surface area contributed by atoms with Crippen LogP contribution in [-0.4, -0.2) is 35.4 Å². The normalized spacial score (nSPS) is 25.8. The molecule has 1 aliphatic carbocycles. The molecule has 1 amide bonds. The summed E-state index contributed by atoms with van der Waals surface area (Å²) in [5, 5.41) is 2.96. The lowest BCUT2D eigenvalue weighted by atomic mass is 9.78. The first-order valence-corrected chi connectivity index (χ1v) is 7.94. The summed E-state index contributed by atoms with van der Waals surface area (Å²) < 4.78 is 0. The zero-order chi connectivity index (χ0) is 15.2. The number of amides is 1. The highest BCUT2D eigenvalue weighted by molar-refractivity contribution is 5.77. The molecule has 1 aliphatic rings. The van der Waals surface area contributed by atoms with Gasteiger partial charge in [0.2, 0.25) is 5.91 Å². The minimum absolute atomic E-state index is 0.0770. The van der Waals surface area contributed by atoms with Crippen LogP contribution in [0.15, 0.2) is 24.4 Å². The van der Waals surface area contributed by atoms with Gasteiger partial charge in [0.25, 0.3) is 0 Å². The minimum Gasteiger partial charge on any atom is -0.349 e. The van der Waals surface area contributed by atoms with Crippen molar-refractivity contribution in [3.63, 3.8) is 0 Å². The Morgan fingerprint density at radius 3 is 2.67 bits per heavy atom. The second-order valence-electron chi connectivity index (χ2n) is 6.39. The molecular weight excluding hydrogens is 262 g/mol. The van der Waals surface area contributed by atoms with Gasteiger partial charge in [0.1, 0.15) is 0 Å². The second kappa shape index (κ2) is 7.55. The molecule has 2 rings (SSSR count). The molecule has 0 aliphatic heterocycles. The predicted octanol–water partition coefficient (Wildman–Crippen LogP) is 2.45. The van der Waals surface area contributed by atoms with Gasteiger partial charge in [-0.1, -0.05) is 26.3 Å². The van der Waals surface area contributed by atoms with E-state index in [1.807, 2.05) is 18.2 Å². The molecule has 1 aromatic rings. The summed E-state index contributed by atoms with van der Waals surface area (Å²) in [7, 11) is 2.07. The van der Waals surface area contributed by atoms with Crippen molar-refractivity contribution in [3.05, 3.63) is 30.1 Å². The molecule has 0 aromatic carbocycles. The zero-order valence-corrected chi connectivity index (χ0v) is 13.4. The molecule has 1 saturated carbocycles. The highest BCUT2D eigenvalue weighted by Crippen LogP contribution is 2.31. The van der Waals surface area contributed by atoms with Crippen LogP contribution < -0.4 is 5.32 Å². The van der Waals surface area contributed by atoms with Crippen LogP contribution in [0.2, 0.25) is 0 Å². The molecule has 0 bridgehead atoms. The fourth-order valence-electron chi connectivity index (χ4n) is 3.61. The third-order valence-electron chi connectivity index (χ3n) is 4.58. The van der Waals surface area contributed by atoms with Crippen LogP contribution in [0, 0.1) is 11.8 Å². The Morgan fingerprint density at radius 1 is 1.33 bits per heavy atom. The summed E-state index contributed by atoms with van der Waals surface area (Å²) >= 11 is 0. The van der Waals surface area contributed by atoms with Gasteiger partial charge in [-0.2, -0.15) is 0 Å². The van der Waals surface area contributed by atoms with Crippen LogP contribution in [-0.2, 0) is 11.3 Å². The van der Waals surface area contributed by atoms with Crippen molar-refractivity contribution in [1.82, 2.24) is 15.2 Å². The van der Waals surface area contributed by atoms with E-state index in [-0.39, 0.29) is 5.91 Å². The van der Waals surface area contributed by atoms with Gasteiger partial charge in [-0.3, -0.25) is 14.7 Å². The molecule has 116 valence electrons. The number of aromatic nitrogens is 1. The average Bonchev–Trinajstić information content (AvgIpc) is 2.46. The number of pyridine rings is 1. The van der Waals surface area contributed by atoms with Gasteiger partial charge in [0.15, 0.2) is 0 Å². The van der Waals surface area contributed by atoms with Crippen molar-refractivity contribution in [2.75, 3.05) is 13.6 Å². The van der Waals surface area contributed by atoms with E-state index in [0.717, 1.165) is 5.69 Å². The van der Waals surface area contributed by atoms with Gasteiger partial charge in [-0.15, -0.1) is 0 Å². The molecule has 4 heteroatoms. The molecule has 0 spiro atoms. The molecular formula is C17H27N3O. The van der Waals surface area contributed by atoms with Gasteiger partial charge < -0.3 is 5.32 Å². The highest BCUT2D eigenvalue weighted by Gasteiger charge is 2.31.